The predicted molar refractivity (Wildman–Crippen MR) is 103 cm³/mol. The van der Waals surface area contributed by atoms with Crippen molar-refractivity contribution in [2.45, 2.75) is 50.2 Å². The van der Waals surface area contributed by atoms with Crippen LogP contribution in [0, 0.1) is 5.82 Å². The van der Waals surface area contributed by atoms with E-state index in [9.17, 15) is 9.18 Å². The van der Waals surface area contributed by atoms with Crippen molar-refractivity contribution >= 4 is 23.2 Å². The van der Waals surface area contributed by atoms with E-state index in [0.717, 1.165) is 30.8 Å². The molecule has 1 amide bonds. The van der Waals surface area contributed by atoms with Crippen molar-refractivity contribution in [3.05, 3.63) is 35.6 Å². The Bertz CT molecular complexity index is 626. The van der Waals surface area contributed by atoms with E-state index >= 15 is 0 Å². The van der Waals surface area contributed by atoms with E-state index in [1.807, 2.05) is 0 Å². The first-order valence-corrected chi connectivity index (χ1v) is 9.61. The lowest BCUT2D eigenvalue weighted by atomic mass is 9.82. The van der Waals surface area contributed by atoms with E-state index in [1.165, 1.54) is 30.7 Å². The van der Waals surface area contributed by atoms with Gasteiger partial charge in [0, 0.05) is 37.3 Å². The topological polar surface area (TPSA) is 53.6 Å². The zero-order chi connectivity index (χ0) is 18.5. The molecule has 2 bridgehead atoms. The van der Waals surface area contributed by atoms with Gasteiger partial charge in [-0.05, 0) is 68.6 Å². The minimum atomic E-state index is -0.334. The summed E-state index contributed by atoms with van der Waals surface area (Å²) in [5.74, 6) is -0.471. The summed E-state index contributed by atoms with van der Waals surface area (Å²) in [6.07, 6.45) is 5.15. The Hall–Kier alpha value is -1.73. The first kappa shape index (κ1) is 19.0. The predicted octanol–water partition coefficient (Wildman–Crippen LogP) is 2.46. The molecule has 7 heteroatoms. The number of nitrogens with one attached hydrogen (secondary N) is 2. The Kier molecular flexibility index (Phi) is 6.43. The molecule has 2 aliphatic heterocycles. The zero-order valence-corrected chi connectivity index (χ0v) is 15.9. The number of carbonyl (C=O) groups excluding carboxylic acids is 1. The summed E-state index contributed by atoms with van der Waals surface area (Å²) in [5.41, 5.74) is 0.496. The van der Waals surface area contributed by atoms with Gasteiger partial charge in [0.05, 0.1) is 6.61 Å². The summed E-state index contributed by atoms with van der Waals surface area (Å²) < 4.78 is 18.1. The molecule has 2 N–H and O–H groups in total. The summed E-state index contributed by atoms with van der Waals surface area (Å²) in [5, 5.41) is 7.19. The highest BCUT2D eigenvalue weighted by molar-refractivity contribution is 7.80. The summed E-state index contributed by atoms with van der Waals surface area (Å²) in [6.45, 7) is 1.33. The molecule has 2 unspecified atom stereocenters. The summed E-state index contributed by atoms with van der Waals surface area (Å²) in [7, 11) is 1.68. The Morgan fingerprint density at radius 1 is 1.27 bits per heavy atom. The number of piperidine rings is 2. The molecule has 0 aliphatic carbocycles. The smallest absolute Gasteiger partial charge is 0.251 e. The Balaban J connectivity index is 1.59. The van der Waals surface area contributed by atoms with Crippen LogP contribution in [-0.2, 0) is 4.74 Å². The second kappa shape index (κ2) is 8.77. The third kappa shape index (κ3) is 4.51. The van der Waals surface area contributed by atoms with Crippen LogP contribution in [0.4, 0.5) is 4.39 Å². The molecule has 0 radical (unpaired) electrons. The van der Waals surface area contributed by atoms with Crippen LogP contribution in [0.1, 0.15) is 42.5 Å². The van der Waals surface area contributed by atoms with E-state index < -0.39 is 0 Å². The molecule has 2 atom stereocenters. The largest absolute Gasteiger partial charge is 0.383 e. The zero-order valence-electron chi connectivity index (χ0n) is 15.0. The van der Waals surface area contributed by atoms with Crippen molar-refractivity contribution in [2.75, 3.05) is 20.3 Å². The van der Waals surface area contributed by atoms with Gasteiger partial charge < -0.3 is 20.3 Å². The molecule has 1 aromatic carbocycles. The lowest BCUT2D eigenvalue weighted by Gasteiger charge is -2.50. The quantitative estimate of drug-likeness (QED) is 0.608. The highest BCUT2D eigenvalue weighted by Crippen LogP contribution is 2.34. The second-order valence-electron chi connectivity index (χ2n) is 7.02. The van der Waals surface area contributed by atoms with E-state index in [2.05, 4.69) is 15.5 Å². The number of thiocarbonyl (C=S) groups is 1. The lowest BCUT2D eigenvalue weighted by Crippen LogP contribution is -2.61. The van der Waals surface area contributed by atoms with Crippen LogP contribution in [0.15, 0.2) is 24.3 Å². The molecule has 2 fully saturated rings. The highest BCUT2D eigenvalue weighted by atomic mass is 32.1. The third-order valence-electron chi connectivity index (χ3n) is 5.23. The van der Waals surface area contributed by atoms with Crippen LogP contribution in [0.2, 0.25) is 0 Å². The van der Waals surface area contributed by atoms with Gasteiger partial charge >= 0.3 is 0 Å². The van der Waals surface area contributed by atoms with Crippen LogP contribution >= 0.6 is 12.2 Å². The van der Waals surface area contributed by atoms with Gasteiger partial charge in [-0.25, -0.2) is 4.39 Å². The molecule has 3 rings (SSSR count). The van der Waals surface area contributed by atoms with Gasteiger partial charge in [-0.3, -0.25) is 4.79 Å². The first-order valence-electron chi connectivity index (χ1n) is 9.20. The molecule has 2 saturated heterocycles. The second-order valence-corrected chi connectivity index (χ2v) is 7.41. The molecule has 2 heterocycles. The number of methoxy groups -OCH3 is 1. The van der Waals surface area contributed by atoms with Gasteiger partial charge in [0.2, 0.25) is 0 Å². The summed E-state index contributed by atoms with van der Waals surface area (Å²) >= 11 is 5.59. The SMILES string of the molecule is COCCNC(=S)N1C2CCCC1CC(NC(=O)c1ccc(F)cc1)C2. The van der Waals surface area contributed by atoms with Crippen LogP contribution < -0.4 is 10.6 Å². The Labute approximate surface area is 159 Å². The lowest BCUT2D eigenvalue weighted by molar-refractivity contribution is 0.0737. The van der Waals surface area contributed by atoms with Crippen molar-refractivity contribution in [2.24, 2.45) is 0 Å². The first-order chi connectivity index (χ1) is 12.6. The molecule has 0 spiro atoms. The number of carbonyl (C=O) groups is 1. The monoisotopic (exact) mass is 379 g/mol. The average molecular weight is 380 g/mol. The molecule has 26 heavy (non-hydrogen) atoms. The highest BCUT2D eigenvalue weighted by Gasteiger charge is 2.39. The minimum absolute atomic E-state index is 0.126. The standard InChI is InChI=1S/C19H26FN3O2S/c1-25-10-9-21-19(26)23-16-3-2-4-17(23)12-15(11-16)22-18(24)13-5-7-14(20)8-6-13/h5-8,15-17H,2-4,9-12H2,1H3,(H,21,26)(H,22,24). The molecule has 5 nitrogen and oxygen atoms in total. The van der Waals surface area contributed by atoms with E-state index in [4.69, 9.17) is 17.0 Å². The van der Waals surface area contributed by atoms with Crippen molar-refractivity contribution in [3.63, 3.8) is 0 Å². The van der Waals surface area contributed by atoms with Gasteiger partial charge in [0.25, 0.3) is 5.91 Å². The van der Waals surface area contributed by atoms with Gasteiger partial charge in [-0.2, -0.15) is 0 Å². The number of hydrogen-bond acceptors (Lipinski definition) is 3. The maximum Gasteiger partial charge on any atom is 0.251 e. The molecular formula is C19H26FN3O2S. The number of ether oxygens (including phenoxy) is 1. The average Bonchev–Trinajstić information content (AvgIpc) is 2.61. The van der Waals surface area contributed by atoms with Crippen molar-refractivity contribution in [3.8, 4) is 0 Å². The van der Waals surface area contributed by atoms with E-state index in [1.54, 1.807) is 7.11 Å². The number of amides is 1. The van der Waals surface area contributed by atoms with Crippen molar-refractivity contribution < 1.29 is 13.9 Å². The number of rotatable bonds is 5. The van der Waals surface area contributed by atoms with Gasteiger partial charge in [-0.1, -0.05) is 0 Å². The molecule has 2 aliphatic rings. The Morgan fingerprint density at radius 2 is 1.92 bits per heavy atom. The number of halogens is 1. The summed E-state index contributed by atoms with van der Waals surface area (Å²) in [4.78, 5) is 14.8. The fourth-order valence-corrected chi connectivity index (χ4v) is 4.45. The van der Waals surface area contributed by atoms with Gasteiger partial charge in [0.1, 0.15) is 5.82 Å². The van der Waals surface area contributed by atoms with E-state index in [-0.39, 0.29) is 17.8 Å². The van der Waals surface area contributed by atoms with Crippen LogP contribution in [0.5, 0.6) is 0 Å². The minimum Gasteiger partial charge on any atom is -0.383 e. The summed E-state index contributed by atoms with van der Waals surface area (Å²) in [6, 6.07) is 6.51. The Morgan fingerprint density at radius 3 is 2.54 bits per heavy atom. The third-order valence-corrected chi connectivity index (χ3v) is 5.59. The molecule has 142 valence electrons. The molecule has 0 saturated carbocycles. The van der Waals surface area contributed by atoms with Crippen LogP contribution in [0.25, 0.3) is 0 Å². The van der Waals surface area contributed by atoms with Crippen LogP contribution in [0.3, 0.4) is 0 Å². The van der Waals surface area contributed by atoms with Gasteiger partial charge in [0.15, 0.2) is 5.11 Å². The fraction of sp³-hybridized carbons (Fsp3) is 0.579. The van der Waals surface area contributed by atoms with Crippen molar-refractivity contribution in [1.29, 1.82) is 0 Å². The molecule has 1 aromatic rings. The number of hydrogen-bond donors (Lipinski definition) is 2. The maximum atomic E-state index is 13.0. The van der Waals surface area contributed by atoms with E-state index in [0.29, 0.717) is 30.8 Å². The fourth-order valence-electron chi connectivity index (χ4n) is 4.05. The van der Waals surface area contributed by atoms with Crippen LogP contribution in [-0.4, -0.2) is 54.3 Å². The van der Waals surface area contributed by atoms with Crippen molar-refractivity contribution in [1.82, 2.24) is 15.5 Å². The number of nitrogens with zero attached hydrogens (tertiary/aromatic N) is 1. The normalized spacial score (nSPS) is 24.8. The van der Waals surface area contributed by atoms with Gasteiger partial charge in [-0.15, -0.1) is 0 Å². The number of fused-ring (bicyclic) bond motifs is 2. The molecule has 0 aromatic heterocycles. The molecular weight excluding hydrogens is 353 g/mol. The number of benzene rings is 1. The maximum absolute atomic E-state index is 13.0.